The molecule has 2 aromatic carbocycles. The van der Waals surface area contributed by atoms with Crippen LogP contribution in [-0.4, -0.2) is 37.2 Å². The normalized spacial score (nSPS) is 12.5. The van der Waals surface area contributed by atoms with E-state index in [9.17, 15) is 13.6 Å². The first-order valence-corrected chi connectivity index (χ1v) is 13.6. The molecule has 0 radical (unpaired) electrons. The van der Waals surface area contributed by atoms with E-state index in [1.54, 1.807) is 41.3 Å². The monoisotopic (exact) mass is 572 g/mol. The number of fused-ring (bicyclic) bond motifs is 1. The van der Waals surface area contributed by atoms with Crippen molar-refractivity contribution < 1.29 is 22.7 Å². The van der Waals surface area contributed by atoms with Gasteiger partial charge in [-0.2, -0.15) is 10.2 Å². The van der Waals surface area contributed by atoms with Crippen LogP contribution < -0.4 is 5.32 Å². The highest BCUT2D eigenvalue weighted by atomic mass is 19.3. The maximum atomic E-state index is 15.1. The summed E-state index contributed by atoms with van der Waals surface area (Å²) in [7, 11) is 0. The van der Waals surface area contributed by atoms with E-state index in [-0.39, 0.29) is 18.8 Å². The number of nitrogens with zero attached hydrogens (tertiary/aromatic N) is 5. The van der Waals surface area contributed by atoms with Gasteiger partial charge in [0.15, 0.2) is 0 Å². The van der Waals surface area contributed by atoms with E-state index in [0.29, 0.717) is 41.2 Å². The minimum Gasteiger partial charge on any atom is -0.445 e. The van der Waals surface area contributed by atoms with Gasteiger partial charge in [0.2, 0.25) is 0 Å². The summed E-state index contributed by atoms with van der Waals surface area (Å²) in [5, 5.41) is 11.7. The molecule has 0 unspecified atom stereocenters. The molecule has 0 fully saturated rings. The van der Waals surface area contributed by atoms with Gasteiger partial charge in [0.05, 0.1) is 18.4 Å². The molecule has 1 aliphatic rings. The first-order chi connectivity index (χ1) is 20.5. The maximum absolute atomic E-state index is 15.1. The van der Waals surface area contributed by atoms with Gasteiger partial charge in [-0.05, 0) is 48.2 Å². The topological polar surface area (TPSA) is 86.9 Å². The highest BCUT2D eigenvalue weighted by Crippen LogP contribution is 2.39. The van der Waals surface area contributed by atoms with Gasteiger partial charge in [-0.1, -0.05) is 42.5 Å². The zero-order valence-electron chi connectivity index (χ0n) is 22.5. The van der Waals surface area contributed by atoms with E-state index < -0.39 is 18.3 Å². The van der Waals surface area contributed by atoms with Crippen LogP contribution in [0.3, 0.4) is 0 Å². The Morgan fingerprint density at radius 3 is 2.74 bits per heavy atom. The van der Waals surface area contributed by atoms with Crippen LogP contribution in [0.25, 0.3) is 33.6 Å². The zero-order chi connectivity index (χ0) is 29.1. The molecule has 0 atom stereocenters. The molecule has 0 spiro atoms. The van der Waals surface area contributed by atoms with Gasteiger partial charge in [-0.3, -0.25) is 9.36 Å². The van der Waals surface area contributed by atoms with Gasteiger partial charge in [0, 0.05) is 41.7 Å². The first-order valence-electron chi connectivity index (χ1n) is 13.6. The van der Waals surface area contributed by atoms with Crippen molar-refractivity contribution in [3.63, 3.8) is 0 Å². The lowest BCUT2D eigenvalue weighted by Crippen LogP contribution is -2.27. The lowest BCUT2D eigenvalue weighted by Gasteiger charge is -2.09. The summed E-state index contributed by atoms with van der Waals surface area (Å²) in [6.07, 6.45) is 1.70. The number of nitrogens with one attached hydrogen (secondary N) is 1. The van der Waals surface area contributed by atoms with Crippen LogP contribution in [0.1, 0.15) is 29.8 Å². The summed E-state index contributed by atoms with van der Waals surface area (Å²) in [5.41, 5.74) is 4.74. The number of rotatable bonds is 9. The van der Waals surface area contributed by atoms with Gasteiger partial charge in [-0.25, -0.2) is 22.9 Å². The SMILES string of the molecule is O=C(NCCn1cc(-c2cc(-c3c(-c4cccc(C(F)F)n4)nn4c3CCC4)ccc2F)cn1)OCc1ccccc1. The number of pyridine rings is 1. The van der Waals surface area contributed by atoms with Crippen molar-refractivity contribution in [3.8, 4) is 33.6 Å². The number of hydrogen-bond acceptors (Lipinski definition) is 5. The highest BCUT2D eigenvalue weighted by Gasteiger charge is 2.26. The molecule has 1 amide bonds. The minimum absolute atomic E-state index is 0.171. The Kier molecular flexibility index (Phi) is 7.72. The minimum atomic E-state index is -2.70. The molecule has 214 valence electrons. The second-order valence-corrected chi connectivity index (χ2v) is 9.92. The Morgan fingerprint density at radius 2 is 1.90 bits per heavy atom. The van der Waals surface area contributed by atoms with Crippen molar-refractivity contribution in [2.24, 2.45) is 0 Å². The van der Waals surface area contributed by atoms with E-state index >= 15 is 4.39 Å². The Hall–Kier alpha value is -4.93. The standard InChI is InChI=1S/C31H27F3N6O2/c32-24-12-11-21(28-27-10-5-14-40(27)38-29(28)25-8-4-9-26(37-25)30(33)34)16-23(24)22-17-36-39(18-22)15-13-35-31(41)42-19-20-6-2-1-3-7-20/h1-4,6-9,11-12,16-18,30H,5,10,13-15,19H2,(H,35,41). The molecular weight excluding hydrogens is 545 g/mol. The highest BCUT2D eigenvalue weighted by molar-refractivity contribution is 5.84. The van der Waals surface area contributed by atoms with Crippen molar-refractivity contribution in [1.82, 2.24) is 29.9 Å². The number of carbonyl (C=O) groups excluding carboxylic acids is 1. The number of amides is 1. The molecule has 1 aliphatic heterocycles. The molecule has 4 heterocycles. The van der Waals surface area contributed by atoms with Crippen LogP contribution in [0.5, 0.6) is 0 Å². The number of halogens is 3. The molecule has 0 aliphatic carbocycles. The summed E-state index contributed by atoms with van der Waals surface area (Å²) in [5.74, 6) is -0.427. The van der Waals surface area contributed by atoms with E-state index in [1.807, 2.05) is 35.0 Å². The number of carbonyl (C=O) groups is 1. The Morgan fingerprint density at radius 1 is 1.05 bits per heavy atom. The second-order valence-electron chi connectivity index (χ2n) is 9.92. The summed E-state index contributed by atoms with van der Waals surface area (Å²) in [6, 6.07) is 18.7. The average Bonchev–Trinajstić information content (AvgIpc) is 3.74. The average molecular weight is 573 g/mol. The number of alkyl carbamates (subject to hydrolysis) is 1. The molecule has 0 bridgehead atoms. The van der Waals surface area contributed by atoms with Crippen molar-refractivity contribution in [3.05, 3.63) is 102 Å². The Bertz CT molecular complexity index is 1720. The second kappa shape index (κ2) is 11.9. The fourth-order valence-corrected chi connectivity index (χ4v) is 5.09. The van der Waals surface area contributed by atoms with Gasteiger partial charge >= 0.3 is 6.09 Å². The van der Waals surface area contributed by atoms with Crippen LogP contribution >= 0.6 is 0 Å². The largest absolute Gasteiger partial charge is 0.445 e. The molecule has 3 aromatic heterocycles. The molecule has 5 aromatic rings. The predicted molar refractivity (Wildman–Crippen MR) is 150 cm³/mol. The van der Waals surface area contributed by atoms with Crippen LogP contribution in [-0.2, 0) is 30.9 Å². The van der Waals surface area contributed by atoms with Crippen LogP contribution in [0.2, 0.25) is 0 Å². The molecule has 6 rings (SSSR count). The van der Waals surface area contributed by atoms with Crippen molar-refractivity contribution in [2.75, 3.05) is 6.54 Å². The van der Waals surface area contributed by atoms with Crippen molar-refractivity contribution in [1.29, 1.82) is 0 Å². The van der Waals surface area contributed by atoms with E-state index in [4.69, 9.17) is 9.84 Å². The summed E-state index contributed by atoms with van der Waals surface area (Å²) in [4.78, 5) is 16.2. The third-order valence-corrected chi connectivity index (χ3v) is 7.10. The number of alkyl halides is 2. The number of ether oxygens (including phenoxy) is 1. The maximum Gasteiger partial charge on any atom is 0.407 e. The Balaban J connectivity index is 1.20. The fraction of sp³-hybridized carbons (Fsp3) is 0.226. The quantitative estimate of drug-likeness (QED) is 0.220. The van der Waals surface area contributed by atoms with Gasteiger partial charge < -0.3 is 10.1 Å². The van der Waals surface area contributed by atoms with Crippen LogP contribution in [0.4, 0.5) is 18.0 Å². The van der Waals surface area contributed by atoms with E-state index in [1.165, 1.54) is 12.1 Å². The number of benzene rings is 2. The summed E-state index contributed by atoms with van der Waals surface area (Å²) in [6.45, 7) is 1.51. The summed E-state index contributed by atoms with van der Waals surface area (Å²) < 4.78 is 50.6. The molecule has 0 saturated heterocycles. The lowest BCUT2D eigenvalue weighted by atomic mass is 9.96. The van der Waals surface area contributed by atoms with Crippen molar-refractivity contribution >= 4 is 6.09 Å². The number of aryl methyl sites for hydroxylation is 1. The molecule has 8 nitrogen and oxygen atoms in total. The van der Waals surface area contributed by atoms with E-state index in [0.717, 1.165) is 29.7 Å². The zero-order valence-corrected chi connectivity index (χ0v) is 22.5. The third kappa shape index (κ3) is 5.76. The molecule has 0 saturated carbocycles. The van der Waals surface area contributed by atoms with Crippen LogP contribution in [0.15, 0.2) is 79.1 Å². The molecular formula is C31H27F3N6O2. The van der Waals surface area contributed by atoms with Crippen molar-refractivity contribution in [2.45, 2.75) is 39.0 Å². The predicted octanol–water partition coefficient (Wildman–Crippen LogP) is 6.42. The fourth-order valence-electron chi connectivity index (χ4n) is 5.09. The lowest BCUT2D eigenvalue weighted by molar-refractivity contribution is 0.139. The smallest absolute Gasteiger partial charge is 0.407 e. The third-order valence-electron chi connectivity index (χ3n) is 7.10. The van der Waals surface area contributed by atoms with Crippen LogP contribution in [0, 0.1) is 5.82 Å². The first kappa shape index (κ1) is 27.3. The summed E-state index contributed by atoms with van der Waals surface area (Å²) >= 11 is 0. The van der Waals surface area contributed by atoms with E-state index in [2.05, 4.69) is 15.4 Å². The molecule has 42 heavy (non-hydrogen) atoms. The molecule has 11 heteroatoms. The Labute approximate surface area is 239 Å². The number of hydrogen-bond donors (Lipinski definition) is 1. The van der Waals surface area contributed by atoms with Gasteiger partial charge in [0.1, 0.15) is 23.8 Å². The molecule has 1 N–H and O–H groups in total. The van der Waals surface area contributed by atoms with Gasteiger partial charge in [0.25, 0.3) is 6.43 Å². The number of aromatic nitrogens is 5. The van der Waals surface area contributed by atoms with Gasteiger partial charge in [-0.15, -0.1) is 0 Å².